The van der Waals surface area contributed by atoms with E-state index in [1.54, 1.807) is 17.2 Å². The van der Waals surface area contributed by atoms with E-state index in [1.165, 1.54) is 39.5 Å². The molecule has 0 bridgehead atoms. The van der Waals surface area contributed by atoms with Gasteiger partial charge < -0.3 is 9.80 Å². The van der Waals surface area contributed by atoms with E-state index < -0.39 is 20.0 Å². The molecule has 0 radical (unpaired) electrons. The van der Waals surface area contributed by atoms with Crippen molar-refractivity contribution in [1.29, 1.82) is 5.26 Å². The number of hydrogen-bond donors (Lipinski definition) is 0. The fourth-order valence-electron chi connectivity index (χ4n) is 3.54. The first-order valence-corrected chi connectivity index (χ1v) is 12.5. The Morgan fingerprint density at radius 2 is 1.74 bits per heavy atom. The van der Waals surface area contributed by atoms with Crippen molar-refractivity contribution in [1.82, 2.24) is 14.1 Å². The number of carbonyl (C=O) groups excluding carboxylic acids is 1. The molecule has 1 amide bonds. The normalized spacial score (nSPS) is 21.0. The van der Waals surface area contributed by atoms with Gasteiger partial charge >= 0.3 is 0 Å². The maximum absolute atomic E-state index is 13.0. The molecule has 1 aromatic carbocycles. The Hall–Kier alpha value is -3.01. The lowest BCUT2D eigenvalue weighted by Gasteiger charge is -2.36. The molecule has 31 heavy (non-hydrogen) atoms. The van der Waals surface area contributed by atoms with Crippen molar-refractivity contribution in [2.45, 2.75) is 4.90 Å². The van der Waals surface area contributed by atoms with Crippen molar-refractivity contribution >= 4 is 31.8 Å². The Morgan fingerprint density at radius 1 is 1.06 bits per heavy atom. The zero-order valence-electron chi connectivity index (χ0n) is 16.4. The van der Waals surface area contributed by atoms with Crippen LogP contribution in [0.1, 0.15) is 5.56 Å². The molecule has 3 aliphatic heterocycles. The molecule has 3 aliphatic rings. The number of carbonyl (C=O) groups is 1. The summed E-state index contributed by atoms with van der Waals surface area (Å²) in [6.07, 6.45) is 4.86. The van der Waals surface area contributed by atoms with E-state index in [4.69, 9.17) is 5.26 Å². The standard InChI is InChI=1S/C19H19N5O5S2/c20-14-15-3-5-16(6-4-15)31(28,29)24-10-8-23(9-11-24)19(25)17-2-1-7-22-12-13-30(26,27)21-18(17)22/h1-7H,8-13H2. The molecule has 0 atom stereocenters. The minimum absolute atomic E-state index is 0.0869. The summed E-state index contributed by atoms with van der Waals surface area (Å²) >= 11 is 0. The molecule has 0 unspecified atom stereocenters. The number of piperazine rings is 1. The summed E-state index contributed by atoms with van der Waals surface area (Å²) < 4.78 is 54.5. The van der Waals surface area contributed by atoms with Gasteiger partial charge in [0, 0.05) is 38.9 Å². The SMILES string of the molecule is N#Cc1ccc(S(=O)(=O)N2CCN(C(=O)C3=CC=CN4CCS(=O)(=O)N=C34)CC2)cc1. The minimum Gasteiger partial charge on any atom is -0.336 e. The Morgan fingerprint density at radius 3 is 2.39 bits per heavy atom. The van der Waals surface area contributed by atoms with Gasteiger partial charge in [-0.15, -0.1) is 4.40 Å². The number of fused-ring (bicyclic) bond motifs is 1. The minimum atomic E-state index is -3.75. The first kappa shape index (κ1) is 21.2. The Balaban J connectivity index is 1.48. The van der Waals surface area contributed by atoms with Crippen molar-refractivity contribution in [3.63, 3.8) is 0 Å². The smallest absolute Gasteiger partial charge is 0.257 e. The lowest BCUT2D eigenvalue weighted by atomic mass is 10.1. The highest BCUT2D eigenvalue weighted by molar-refractivity contribution is 7.90. The lowest BCUT2D eigenvalue weighted by molar-refractivity contribution is -0.127. The summed E-state index contributed by atoms with van der Waals surface area (Å²) in [5.74, 6) is -0.402. The molecule has 4 rings (SSSR count). The van der Waals surface area contributed by atoms with Crippen LogP contribution >= 0.6 is 0 Å². The molecule has 1 aromatic rings. The molecule has 1 saturated heterocycles. The third kappa shape index (κ3) is 4.12. The van der Waals surface area contributed by atoms with Crippen LogP contribution in [0.4, 0.5) is 0 Å². The van der Waals surface area contributed by atoms with E-state index in [0.717, 1.165) is 0 Å². The Kier molecular flexibility index (Phi) is 5.42. The molecule has 0 aliphatic carbocycles. The van der Waals surface area contributed by atoms with Crippen LogP contribution in [-0.4, -0.2) is 81.2 Å². The monoisotopic (exact) mass is 461 g/mol. The average Bonchev–Trinajstić information content (AvgIpc) is 2.77. The first-order valence-electron chi connectivity index (χ1n) is 9.49. The number of hydrogen-bond acceptors (Lipinski definition) is 7. The van der Waals surface area contributed by atoms with Crippen LogP contribution in [0.15, 0.2) is 57.5 Å². The van der Waals surface area contributed by atoms with E-state index >= 15 is 0 Å². The summed E-state index contributed by atoms with van der Waals surface area (Å²) in [5.41, 5.74) is 0.542. The van der Waals surface area contributed by atoms with Crippen molar-refractivity contribution in [3.8, 4) is 6.07 Å². The summed E-state index contributed by atoms with van der Waals surface area (Å²) in [6, 6.07) is 7.62. The zero-order valence-corrected chi connectivity index (χ0v) is 18.0. The second kappa shape index (κ2) is 7.92. The molecule has 10 nitrogen and oxygen atoms in total. The number of benzene rings is 1. The van der Waals surface area contributed by atoms with Crippen molar-refractivity contribution in [2.24, 2.45) is 4.40 Å². The van der Waals surface area contributed by atoms with Crippen LogP contribution in [0.3, 0.4) is 0 Å². The highest BCUT2D eigenvalue weighted by Gasteiger charge is 2.35. The van der Waals surface area contributed by atoms with Crippen LogP contribution in [0.2, 0.25) is 0 Å². The number of amides is 1. The zero-order chi connectivity index (χ0) is 22.2. The van der Waals surface area contributed by atoms with Crippen molar-refractivity contribution in [3.05, 3.63) is 53.8 Å². The molecule has 0 N–H and O–H groups in total. The predicted molar refractivity (Wildman–Crippen MR) is 112 cm³/mol. The van der Waals surface area contributed by atoms with Gasteiger partial charge in [-0.2, -0.15) is 9.57 Å². The summed E-state index contributed by atoms with van der Waals surface area (Å²) in [7, 11) is -7.37. The van der Waals surface area contributed by atoms with Gasteiger partial charge in [-0.1, -0.05) is 0 Å². The average molecular weight is 462 g/mol. The number of nitrogens with zero attached hydrogens (tertiary/aromatic N) is 5. The fourth-order valence-corrected chi connectivity index (χ4v) is 5.94. The van der Waals surface area contributed by atoms with E-state index in [0.29, 0.717) is 5.56 Å². The first-order chi connectivity index (χ1) is 14.7. The van der Waals surface area contributed by atoms with E-state index in [-0.39, 0.29) is 60.7 Å². The molecule has 0 spiro atoms. The Labute approximate surface area is 180 Å². The largest absolute Gasteiger partial charge is 0.336 e. The highest BCUT2D eigenvalue weighted by Crippen LogP contribution is 2.22. The number of rotatable bonds is 3. The van der Waals surface area contributed by atoms with Crippen LogP contribution in [0.5, 0.6) is 0 Å². The third-order valence-electron chi connectivity index (χ3n) is 5.24. The molecule has 12 heteroatoms. The maximum Gasteiger partial charge on any atom is 0.257 e. The summed E-state index contributed by atoms with van der Waals surface area (Å²) in [5, 5.41) is 8.87. The van der Waals surface area contributed by atoms with Gasteiger partial charge in [-0.05, 0) is 36.4 Å². The number of amidine groups is 1. The number of nitriles is 1. The van der Waals surface area contributed by atoms with Crippen LogP contribution in [0, 0.1) is 11.3 Å². The molecule has 0 saturated carbocycles. The quantitative estimate of drug-likeness (QED) is 0.614. The van der Waals surface area contributed by atoms with Crippen molar-refractivity contribution < 1.29 is 21.6 Å². The van der Waals surface area contributed by atoms with E-state index in [2.05, 4.69) is 4.40 Å². The number of allylic oxidation sites excluding steroid dienone is 2. The van der Waals surface area contributed by atoms with E-state index in [9.17, 15) is 21.6 Å². The third-order valence-corrected chi connectivity index (χ3v) is 8.30. The van der Waals surface area contributed by atoms with Gasteiger partial charge in [-0.3, -0.25) is 4.79 Å². The van der Waals surface area contributed by atoms with Crippen LogP contribution in [0.25, 0.3) is 0 Å². The van der Waals surface area contributed by atoms with Gasteiger partial charge in [0.2, 0.25) is 10.0 Å². The summed E-state index contributed by atoms with van der Waals surface area (Å²) in [6.45, 7) is 0.751. The van der Waals surface area contributed by atoms with Gasteiger partial charge in [0.15, 0.2) is 5.84 Å². The van der Waals surface area contributed by atoms with Gasteiger partial charge in [0.05, 0.1) is 27.9 Å². The molecule has 3 heterocycles. The second-order valence-electron chi connectivity index (χ2n) is 7.15. The second-order valence-corrected chi connectivity index (χ2v) is 10.8. The molecule has 1 fully saturated rings. The maximum atomic E-state index is 13.0. The molecule has 0 aromatic heterocycles. The van der Waals surface area contributed by atoms with Crippen LogP contribution in [-0.2, 0) is 24.8 Å². The van der Waals surface area contributed by atoms with Crippen LogP contribution < -0.4 is 0 Å². The van der Waals surface area contributed by atoms with E-state index in [1.807, 2.05) is 6.07 Å². The number of sulfonamides is 2. The summed E-state index contributed by atoms with van der Waals surface area (Å²) in [4.78, 5) is 16.2. The van der Waals surface area contributed by atoms with Gasteiger partial charge in [-0.25, -0.2) is 16.8 Å². The lowest BCUT2D eigenvalue weighted by Crippen LogP contribution is -2.52. The molecular weight excluding hydrogens is 442 g/mol. The topological polar surface area (TPSA) is 131 Å². The Bertz CT molecular complexity index is 1250. The van der Waals surface area contributed by atoms with Gasteiger partial charge in [0.25, 0.3) is 15.9 Å². The fraction of sp³-hybridized carbons (Fsp3) is 0.316. The highest BCUT2D eigenvalue weighted by atomic mass is 32.2. The van der Waals surface area contributed by atoms with Gasteiger partial charge in [0.1, 0.15) is 0 Å². The molecular formula is C19H19N5O5S2. The predicted octanol–water partition coefficient (Wildman–Crippen LogP) is -0.111. The van der Waals surface area contributed by atoms with Crippen molar-refractivity contribution in [2.75, 3.05) is 38.5 Å². The molecule has 162 valence electrons.